The van der Waals surface area contributed by atoms with Gasteiger partial charge in [0.15, 0.2) is 28.8 Å². The number of anilines is 1. The molecule has 2 aromatic carbocycles. The predicted molar refractivity (Wildman–Crippen MR) is 109 cm³/mol. The zero-order valence-corrected chi connectivity index (χ0v) is 17.3. The molecule has 0 spiro atoms. The van der Waals surface area contributed by atoms with E-state index in [0.29, 0.717) is 22.7 Å². The van der Waals surface area contributed by atoms with Gasteiger partial charge in [-0.15, -0.1) is 0 Å². The first-order valence-corrected chi connectivity index (χ1v) is 8.94. The number of nitrogens with one attached hydrogen (secondary N) is 1. The highest BCUT2D eigenvalue weighted by molar-refractivity contribution is 5.98. The number of nitrogens with zero attached hydrogens (tertiary/aromatic N) is 1. The minimum atomic E-state index is -3.00. The number of carbonyl (C=O) groups is 1. The van der Waals surface area contributed by atoms with E-state index in [0.717, 1.165) is 0 Å². The number of hydrogen-bond donors (Lipinski definition) is 2. The molecule has 0 saturated heterocycles. The number of halogens is 2. The van der Waals surface area contributed by atoms with E-state index in [4.69, 9.17) is 24.8 Å². The van der Waals surface area contributed by atoms with Crippen molar-refractivity contribution < 1.29 is 37.4 Å². The smallest absolute Gasteiger partial charge is 0.387 e. The lowest BCUT2D eigenvalue weighted by atomic mass is 10.2. The van der Waals surface area contributed by atoms with Gasteiger partial charge in [-0.2, -0.15) is 8.78 Å². The standard InChI is InChI=1S/C20H23F2N3O6/c1-11(19(26)24-13-6-8-14(27-2)17(10-13)29-4)31-25-18(23)12-5-7-15(30-20(21)22)16(9-12)28-3/h5-11,20H,1-4H3,(H2,23,25)(H,24,26). The zero-order valence-electron chi connectivity index (χ0n) is 17.3. The number of amidine groups is 1. The molecule has 1 amide bonds. The Morgan fingerprint density at radius 2 is 1.58 bits per heavy atom. The van der Waals surface area contributed by atoms with Gasteiger partial charge in [-0.1, -0.05) is 5.16 Å². The number of oxime groups is 1. The van der Waals surface area contributed by atoms with Crippen molar-refractivity contribution in [1.82, 2.24) is 0 Å². The van der Waals surface area contributed by atoms with Gasteiger partial charge in [0.2, 0.25) is 6.10 Å². The van der Waals surface area contributed by atoms with Crippen molar-refractivity contribution in [1.29, 1.82) is 0 Å². The molecule has 2 aromatic rings. The minimum Gasteiger partial charge on any atom is -0.493 e. The summed E-state index contributed by atoms with van der Waals surface area (Å²) < 4.78 is 44.5. The normalized spacial score (nSPS) is 12.2. The fourth-order valence-electron chi connectivity index (χ4n) is 2.41. The number of rotatable bonds is 10. The summed E-state index contributed by atoms with van der Waals surface area (Å²) in [7, 11) is 4.28. The van der Waals surface area contributed by atoms with Crippen molar-refractivity contribution in [2.45, 2.75) is 19.6 Å². The largest absolute Gasteiger partial charge is 0.493 e. The van der Waals surface area contributed by atoms with Crippen molar-refractivity contribution >= 4 is 17.4 Å². The second kappa shape index (κ2) is 10.9. The summed E-state index contributed by atoms with van der Waals surface area (Å²) in [5.41, 5.74) is 6.65. The van der Waals surface area contributed by atoms with Gasteiger partial charge in [0.1, 0.15) is 0 Å². The highest BCUT2D eigenvalue weighted by Gasteiger charge is 2.17. The average Bonchev–Trinajstić information content (AvgIpc) is 2.76. The molecule has 0 radical (unpaired) electrons. The van der Waals surface area contributed by atoms with Gasteiger partial charge in [-0.3, -0.25) is 4.79 Å². The first-order valence-electron chi connectivity index (χ1n) is 8.94. The van der Waals surface area contributed by atoms with Gasteiger partial charge in [-0.05, 0) is 37.3 Å². The van der Waals surface area contributed by atoms with Crippen LogP contribution in [0, 0.1) is 0 Å². The van der Waals surface area contributed by atoms with Crippen LogP contribution in [-0.2, 0) is 9.63 Å². The Hall–Kier alpha value is -3.76. The molecule has 168 valence electrons. The molecule has 1 unspecified atom stereocenters. The van der Waals surface area contributed by atoms with Crippen LogP contribution in [0.2, 0.25) is 0 Å². The van der Waals surface area contributed by atoms with E-state index in [-0.39, 0.29) is 17.3 Å². The number of methoxy groups -OCH3 is 3. The third-order valence-corrected chi connectivity index (χ3v) is 4.00. The van der Waals surface area contributed by atoms with Crippen LogP contribution in [0.4, 0.5) is 14.5 Å². The quantitative estimate of drug-likeness (QED) is 0.332. The van der Waals surface area contributed by atoms with Crippen molar-refractivity contribution in [2.24, 2.45) is 10.9 Å². The highest BCUT2D eigenvalue weighted by atomic mass is 19.3. The summed E-state index contributed by atoms with van der Waals surface area (Å²) in [6, 6.07) is 8.89. The maximum Gasteiger partial charge on any atom is 0.387 e. The fourth-order valence-corrected chi connectivity index (χ4v) is 2.41. The SMILES string of the molecule is COc1ccc(NC(=O)C(C)O/N=C(/N)c2ccc(OC(F)F)c(OC)c2)cc1OC. The lowest BCUT2D eigenvalue weighted by Crippen LogP contribution is -2.27. The number of amides is 1. The molecule has 3 N–H and O–H groups in total. The minimum absolute atomic E-state index is 0.0372. The number of hydrogen-bond acceptors (Lipinski definition) is 7. The second-order valence-corrected chi connectivity index (χ2v) is 6.03. The van der Waals surface area contributed by atoms with Crippen LogP contribution in [0.1, 0.15) is 12.5 Å². The lowest BCUT2D eigenvalue weighted by Gasteiger charge is -2.14. The van der Waals surface area contributed by atoms with Crippen LogP contribution in [0.15, 0.2) is 41.6 Å². The molecule has 9 nitrogen and oxygen atoms in total. The average molecular weight is 439 g/mol. The molecule has 0 bridgehead atoms. The van der Waals surface area contributed by atoms with Crippen LogP contribution in [0.25, 0.3) is 0 Å². The number of benzene rings is 2. The first-order chi connectivity index (χ1) is 14.8. The maximum atomic E-state index is 12.4. The van der Waals surface area contributed by atoms with Gasteiger partial charge in [0.05, 0.1) is 21.3 Å². The molecule has 0 saturated carbocycles. The molecule has 1 atom stereocenters. The summed E-state index contributed by atoms with van der Waals surface area (Å²) >= 11 is 0. The van der Waals surface area contributed by atoms with Crippen LogP contribution >= 0.6 is 0 Å². The Labute approximate surface area is 177 Å². The van der Waals surface area contributed by atoms with Gasteiger partial charge < -0.3 is 34.8 Å². The van der Waals surface area contributed by atoms with Crippen molar-refractivity contribution in [2.75, 3.05) is 26.6 Å². The molecule has 31 heavy (non-hydrogen) atoms. The molecule has 0 heterocycles. The molecular formula is C20H23F2N3O6. The number of carbonyl (C=O) groups excluding carboxylic acids is 1. The summed E-state index contributed by atoms with van der Waals surface area (Å²) in [6.45, 7) is -1.52. The summed E-state index contributed by atoms with van der Waals surface area (Å²) in [5, 5.41) is 6.39. The Bertz CT molecular complexity index is 939. The van der Waals surface area contributed by atoms with Crippen LogP contribution < -0.4 is 30.0 Å². The van der Waals surface area contributed by atoms with Gasteiger partial charge in [-0.25, -0.2) is 0 Å². The molecule has 0 fully saturated rings. The Morgan fingerprint density at radius 3 is 2.19 bits per heavy atom. The van der Waals surface area contributed by atoms with Crippen molar-refractivity contribution in [3.8, 4) is 23.0 Å². The lowest BCUT2D eigenvalue weighted by molar-refractivity contribution is -0.126. The molecule has 0 aromatic heterocycles. The fraction of sp³-hybridized carbons (Fsp3) is 0.300. The van der Waals surface area contributed by atoms with E-state index in [1.165, 1.54) is 46.5 Å². The Morgan fingerprint density at radius 1 is 0.968 bits per heavy atom. The third kappa shape index (κ3) is 6.36. The van der Waals surface area contributed by atoms with Gasteiger partial charge in [0, 0.05) is 17.3 Å². The maximum absolute atomic E-state index is 12.4. The van der Waals surface area contributed by atoms with E-state index in [9.17, 15) is 13.6 Å². The second-order valence-electron chi connectivity index (χ2n) is 6.03. The molecule has 0 aliphatic rings. The van der Waals surface area contributed by atoms with E-state index in [1.54, 1.807) is 18.2 Å². The highest BCUT2D eigenvalue weighted by Crippen LogP contribution is 2.30. The molecule has 0 aliphatic carbocycles. The summed E-state index contributed by atoms with van der Waals surface area (Å²) in [4.78, 5) is 17.5. The number of alkyl halides is 2. The number of nitrogens with two attached hydrogens (primary N) is 1. The summed E-state index contributed by atoms with van der Waals surface area (Å²) in [5.74, 6) is 0.273. The van der Waals surface area contributed by atoms with E-state index in [1.807, 2.05) is 0 Å². The Balaban J connectivity index is 2.04. The van der Waals surface area contributed by atoms with Gasteiger partial charge >= 0.3 is 6.61 Å². The van der Waals surface area contributed by atoms with Crippen LogP contribution in [-0.4, -0.2) is 45.8 Å². The predicted octanol–water partition coefficient (Wildman–Crippen LogP) is 2.98. The molecule has 2 rings (SSSR count). The number of ether oxygens (including phenoxy) is 4. The van der Waals surface area contributed by atoms with E-state index in [2.05, 4.69) is 15.2 Å². The Kier molecular flexibility index (Phi) is 8.24. The monoisotopic (exact) mass is 439 g/mol. The molecule has 0 aliphatic heterocycles. The molecule has 11 heteroatoms. The van der Waals surface area contributed by atoms with E-state index < -0.39 is 18.6 Å². The topological polar surface area (TPSA) is 114 Å². The first kappa shape index (κ1) is 23.5. The van der Waals surface area contributed by atoms with Crippen LogP contribution in [0.5, 0.6) is 23.0 Å². The zero-order chi connectivity index (χ0) is 23.0. The molecular weight excluding hydrogens is 416 g/mol. The van der Waals surface area contributed by atoms with Crippen molar-refractivity contribution in [3.63, 3.8) is 0 Å². The van der Waals surface area contributed by atoms with Crippen LogP contribution in [0.3, 0.4) is 0 Å². The summed E-state index contributed by atoms with van der Waals surface area (Å²) in [6.07, 6.45) is -0.991. The van der Waals surface area contributed by atoms with Gasteiger partial charge in [0.25, 0.3) is 5.91 Å². The van der Waals surface area contributed by atoms with Crippen molar-refractivity contribution in [3.05, 3.63) is 42.0 Å². The van der Waals surface area contributed by atoms with E-state index >= 15 is 0 Å². The third-order valence-electron chi connectivity index (χ3n) is 4.00.